The topological polar surface area (TPSA) is 20.3 Å². The highest BCUT2D eigenvalue weighted by molar-refractivity contribution is 5.79. The van der Waals surface area contributed by atoms with Crippen LogP contribution in [0.4, 0.5) is 0 Å². The molecule has 1 heterocycles. The standard InChI is InChI=1S/C14H25NO/c1-3-13-9-6-10-15(13)14(16)11(2)12-7-4-5-8-12/h11-13H,3-10H2,1-2H3. The van der Waals surface area contributed by atoms with Gasteiger partial charge in [-0.25, -0.2) is 0 Å². The number of hydrogen-bond donors (Lipinski definition) is 0. The second-order valence-corrected chi connectivity index (χ2v) is 5.57. The Bertz CT molecular complexity index is 245. The molecule has 0 bridgehead atoms. The van der Waals surface area contributed by atoms with Crippen LogP contribution < -0.4 is 0 Å². The Balaban J connectivity index is 1.95. The molecule has 0 aromatic rings. The SMILES string of the molecule is CCC1CCCN1C(=O)C(C)C1CCCC1. The maximum absolute atomic E-state index is 12.4. The largest absolute Gasteiger partial charge is 0.339 e. The monoisotopic (exact) mass is 223 g/mol. The van der Waals surface area contributed by atoms with Crippen LogP contribution in [-0.4, -0.2) is 23.4 Å². The van der Waals surface area contributed by atoms with Gasteiger partial charge in [-0.2, -0.15) is 0 Å². The summed E-state index contributed by atoms with van der Waals surface area (Å²) in [5, 5.41) is 0. The number of likely N-dealkylation sites (tertiary alicyclic amines) is 1. The van der Waals surface area contributed by atoms with E-state index in [1.54, 1.807) is 0 Å². The number of hydrogen-bond acceptors (Lipinski definition) is 1. The molecule has 1 saturated heterocycles. The molecule has 92 valence electrons. The van der Waals surface area contributed by atoms with Crippen LogP contribution in [-0.2, 0) is 4.79 Å². The molecule has 2 fully saturated rings. The van der Waals surface area contributed by atoms with E-state index in [1.807, 2.05) is 0 Å². The minimum absolute atomic E-state index is 0.273. The quantitative estimate of drug-likeness (QED) is 0.719. The first-order valence-electron chi connectivity index (χ1n) is 7.04. The molecule has 0 N–H and O–H groups in total. The molecule has 2 aliphatic rings. The third kappa shape index (κ3) is 2.26. The maximum Gasteiger partial charge on any atom is 0.225 e. The summed E-state index contributed by atoms with van der Waals surface area (Å²) < 4.78 is 0. The van der Waals surface area contributed by atoms with Crippen LogP contribution in [0.5, 0.6) is 0 Å². The van der Waals surface area contributed by atoms with Crippen molar-refractivity contribution in [2.45, 2.75) is 64.8 Å². The maximum atomic E-state index is 12.4. The van der Waals surface area contributed by atoms with E-state index in [2.05, 4.69) is 18.7 Å². The average Bonchev–Trinajstić information content (AvgIpc) is 2.97. The summed E-state index contributed by atoms with van der Waals surface area (Å²) in [4.78, 5) is 14.6. The van der Waals surface area contributed by atoms with E-state index < -0.39 is 0 Å². The van der Waals surface area contributed by atoms with Crippen molar-refractivity contribution >= 4 is 5.91 Å². The molecule has 1 aliphatic heterocycles. The third-order valence-electron chi connectivity index (χ3n) is 4.63. The van der Waals surface area contributed by atoms with Gasteiger partial charge in [-0.1, -0.05) is 26.7 Å². The van der Waals surface area contributed by atoms with E-state index in [0.717, 1.165) is 13.0 Å². The number of carbonyl (C=O) groups is 1. The van der Waals surface area contributed by atoms with Gasteiger partial charge >= 0.3 is 0 Å². The first-order valence-corrected chi connectivity index (χ1v) is 7.04. The molecule has 2 rings (SSSR count). The molecular weight excluding hydrogens is 198 g/mol. The van der Waals surface area contributed by atoms with Crippen molar-refractivity contribution in [1.29, 1.82) is 0 Å². The Morgan fingerprint density at radius 2 is 1.94 bits per heavy atom. The fraction of sp³-hybridized carbons (Fsp3) is 0.929. The lowest BCUT2D eigenvalue weighted by atomic mass is 9.91. The van der Waals surface area contributed by atoms with Gasteiger partial charge in [0.2, 0.25) is 5.91 Å². The lowest BCUT2D eigenvalue weighted by Gasteiger charge is -2.29. The minimum atomic E-state index is 0.273. The van der Waals surface area contributed by atoms with Gasteiger partial charge in [0.25, 0.3) is 0 Å². The van der Waals surface area contributed by atoms with Crippen LogP contribution in [0.2, 0.25) is 0 Å². The first-order chi connectivity index (χ1) is 7.74. The van der Waals surface area contributed by atoms with Gasteiger partial charge < -0.3 is 4.90 Å². The van der Waals surface area contributed by atoms with Crippen molar-refractivity contribution in [3.8, 4) is 0 Å². The molecule has 0 aromatic heterocycles. The van der Waals surface area contributed by atoms with Crippen LogP contribution in [0.25, 0.3) is 0 Å². The Kier molecular flexibility index (Phi) is 3.88. The van der Waals surface area contributed by atoms with E-state index in [9.17, 15) is 4.79 Å². The molecule has 0 spiro atoms. The smallest absolute Gasteiger partial charge is 0.225 e. The Hall–Kier alpha value is -0.530. The number of nitrogens with zero attached hydrogens (tertiary/aromatic N) is 1. The third-order valence-corrected chi connectivity index (χ3v) is 4.63. The van der Waals surface area contributed by atoms with Gasteiger partial charge in [0.05, 0.1) is 0 Å². The van der Waals surface area contributed by atoms with Gasteiger partial charge in [-0.3, -0.25) is 4.79 Å². The van der Waals surface area contributed by atoms with Crippen LogP contribution >= 0.6 is 0 Å². The zero-order valence-corrected chi connectivity index (χ0v) is 10.7. The van der Waals surface area contributed by atoms with Crippen molar-refractivity contribution in [2.24, 2.45) is 11.8 Å². The molecular formula is C14H25NO. The summed E-state index contributed by atoms with van der Waals surface area (Å²) in [7, 11) is 0. The highest BCUT2D eigenvalue weighted by Gasteiger charge is 2.34. The van der Waals surface area contributed by atoms with Gasteiger partial charge in [-0.15, -0.1) is 0 Å². The summed E-state index contributed by atoms with van der Waals surface area (Å²) in [6.07, 6.45) is 8.78. The van der Waals surface area contributed by atoms with E-state index in [-0.39, 0.29) is 5.92 Å². The fourth-order valence-corrected chi connectivity index (χ4v) is 3.47. The number of carbonyl (C=O) groups excluding carboxylic acids is 1. The van der Waals surface area contributed by atoms with Gasteiger partial charge in [0.1, 0.15) is 0 Å². The van der Waals surface area contributed by atoms with Gasteiger partial charge in [0, 0.05) is 18.5 Å². The summed E-state index contributed by atoms with van der Waals surface area (Å²) in [5.41, 5.74) is 0. The normalized spacial score (nSPS) is 28.6. The van der Waals surface area contributed by atoms with Crippen LogP contribution in [0.15, 0.2) is 0 Å². The Morgan fingerprint density at radius 1 is 1.25 bits per heavy atom. The van der Waals surface area contributed by atoms with E-state index in [0.29, 0.717) is 17.9 Å². The first kappa shape index (κ1) is 11.9. The lowest BCUT2D eigenvalue weighted by Crippen LogP contribution is -2.40. The van der Waals surface area contributed by atoms with Crippen LogP contribution in [0.3, 0.4) is 0 Å². The van der Waals surface area contributed by atoms with E-state index >= 15 is 0 Å². The summed E-state index contributed by atoms with van der Waals surface area (Å²) in [5.74, 6) is 1.39. The molecule has 2 nitrogen and oxygen atoms in total. The molecule has 1 saturated carbocycles. The highest BCUT2D eigenvalue weighted by atomic mass is 16.2. The second kappa shape index (κ2) is 5.20. The molecule has 0 radical (unpaired) electrons. The van der Waals surface area contributed by atoms with Crippen molar-refractivity contribution in [3.63, 3.8) is 0 Å². The molecule has 0 aromatic carbocycles. The Labute approximate surface area is 99.4 Å². The summed E-state index contributed by atoms with van der Waals surface area (Å²) in [6.45, 7) is 5.37. The molecule has 2 atom stereocenters. The molecule has 1 aliphatic carbocycles. The second-order valence-electron chi connectivity index (χ2n) is 5.57. The molecule has 2 unspecified atom stereocenters. The molecule has 1 amide bonds. The summed E-state index contributed by atoms with van der Waals surface area (Å²) >= 11 is 0. The zero-order valence-electron chi connectivity index (χ0n) is 10.7. The zero-order chi connectivity index (χ0) is 11.5. The van der Waals surface area contributed by atoms with Crippen molar-refractivity contribution in [3.05, 3.63) is 0 Å². The van der Waals surface area contributed by atoms with Crippen LogP contribution in [0, 0.1) is 11.8 Å². The fourth-order valence-electron chi connectivity index (χ4n) is 3.47. The number of amides is 1. The molecule has 2 heteroatoms. The van der Waals surface area contributed by atoms with Crippen LogP contribution in [0.1, 0.15) is 58.8 Å². The Morgan fingerprint density at radius 3 is 2.56 bits per heavy atom. The van der Waals surface area contributed by atoms with Gasteiger partial charge in [0.15, 0.2) is 0 Å². The summed E-state index contributed by atoms with van der Waals surface area (Å²) in [6, 6.07) is 0.538. The van der Waals surface area contributed by atoms with E-state index in [4.69, 9.17) is 0 Å². The number of rotatable bonds is 3. The van der Waals surface area contributed by atoms with Crippen molar-refractivity contribution in [2.75, 3.05) is 6.54 Å². The average molecular weight is 223 g/mol. The highest BCUT2D eigenvalue weighted by Crippen LogP contribution is 2.33. The minimum Gasteiger partial charge on any atom is -0.339 e. The van der Waals surface area contributed by atoms with E-state index in [1.165, 1.54) is 38.5 Å². The predicted octanol–water partition coefficient (Wildman–Crippen LogP) is 3.21. The van der Waals surface area contributed by atoms with Gasteiger partial charge in [-0.05, 0) is 38.0 Å². The van der Waals surface area contributed by atoms with Crippen molar-refractivity contribution in [1.82, 2.24) is 4.90 Å². The van der Waals surface area contributed by atoms with Crippen molar-refractivity contribution < 1.29 is 4.79 Å². The predicted molar refractivity (Wildman–Crippen MR) is 66.1 cm³/mol. The lowest BCUT2D eigenvalue weighted by molar-refractivity contribution is -0.137. The molecule has 16 heavy (non-hydrogen) atoms.